The number of hydrogen-bond donors (Lipinski definition) is 2. The number of anilines is 2. The molecule has 4 rings (SSSR count). The summed E-state index contributed by atoms with van der Waals surface area (Å²) in [6, 6.07) is 21.7. The lowest BCUT2D eigenvalue weighted by molar-refractivity contribution is 0.0937. The zero-order valence-electron chi connectivity index (χ0n) is 14.7. The van der Waals surface area contributed by atoms with Crippen molar-refractivity contribution < 1.29 is 9.59 Å². The van der Waals surface area contributed by atoms with E-state index < -0.39 is 11.9 Å². The van der Waals surface area contributed by atoms with E-state index in [0.29, 0.717) is 5.56 Å². The molecule has 1 heterocycles. The topological polar surface area (TPSA) is 61.4 Å². The van der Waals surface area contributed by atoms with Crippen LogP contribution in [0, 0.1) is 0 Å². The van der Waals surface area contributed by atoms with Gasteiger partial charge in [0.25, 0.3) is 5.91 Å². The summed E-state index contributed by atoms with van der Waals surface area (Å²) in [6.07, 6.45) is 3.95. The zero-order valence-corrected chi connectivity index (χ0v) is 16.3. The molecule has 1 aliphatic heterocycles. The fourth-order valence-corrected chi connectivity index (χ4v) is 3.30. The van der Waals surface area contributed by atoms with Gasteiger partial charge >= 0.3 is 6.03 Å². The van der Waals surface area contributed by atoms with E-state index in [1.807, 2.05) is 60.7 Å². The number of fused-ring (bicyclic) bond motifs is 2. The summed E-state index contributed by atoms with van der Waals surface area (Å²) in [4.78, 5) is 26.9. The summed E-state index contributed by atoms with van der Waals surface area (Å²) in [7, 11) is 0. The van der Waals surface area contributed by atoms with E-state index in [9.17, 15) is 9.59 Å². The average Bonchev–Trinajstić information content (AvgIpc) is 2.89. The molecule has 3 aromatic carbocycles. The van der Waals surface area contributed by atoms with Crippen LogP contribution in [-0.4, -0.2) is 11.9 Å². The van der Waals surface area contributed by atoms with Crippen molar-refractivity contribution in [2.24, 2.45) is 0 Å². The van der Waals surface area contributed by atoms with Gasteiger partial charge in [-0.05, 0) is 47.5 Å². The minimum absolute atomic E-state index is 0.393. The summed E-state index contributed by atoms with van der Waals surface area (Å²) in [5, 5.41) is 0. The first kappa shape index (κ1) is 18.0. The molecule has 0 radical (unpaired) electrons. The van der Waals surface area contributed by atoms with Gasteiger partial charge in [-0.25, -0.2) is 10.2 Å². The van der Waals surface area contributed by atoms with Crippen LogP contribution >= 0.6 is 15.9 Å². The van der Waals surface area contributed by atoms with Crippen LogP contribution in [0.2, 0.25) is 0 Å². The molecule has 0 saturated heterocycles. The van der Waals surface area contributed by atoms with E-state index in [4.69, 9.17) is 0 Å². The van der Waals surface area contributed by atoms with Crippen LogP contribution in [0.1, 0.15) is 21.5 Å². The third-order valence-electron chi connectivity index (χ3n) is 4.39. The average molecular weight is 434 g/mol. The van der Waals surface area contributed by atoms with Crippen LogP contribution in [0.3, 0.4) is 0 Å². The van der Waals surface area contributed by atoms with Gasteiger partial charge in [0.05, 0.1) is 11.4 Å². The number of hydrazine groups is 1. The molecule has 5 nitrogen and oxygen atoms in total. The van der Waals surface area contributed by atoms with E-state index in [-0.39, 0.29) is 0 Å². The maximum absolute atomic E-state index is 13.0. The maximum atomic E-state index is 13.0. The number of urea groups is 1. The lowest BCUT2D eigenvalue weighted by Crippen LogP contribution is -2.47. The molecule has 6 heteroatoms. The molecule has 138 valence electrons. The van der Waals surface area contributed by atoms with E-state index in [1.54, 1.807) is 29.2 Å². The van der Waals surface area contributed by atoms with Crippen molar-refractivity contribution in [1.29, 1.82) is 0 Å². The highest BCUT2D eigenvalue weighted by Crippen LogP contribution is 2.35. The van der Waals surface area contributed by atoms with E-state index in [1.165, 1.54) is 0 Å². The summed E-state index contributed by atoms with van der Waals surface area (Å²) < 4.78 is 0.873. The quantitative estimate of drug-likeness (QED) is 0.522. The predicted molar refractivity (Wildman–Crippen MR) is 114 cm³/mol. The number of carbonyl (C=O) groups excluding carboxylic acids is 2. The Morgan fingerprint density at radius 1 is 0.714 bits per heavy atom. The first-order chi connectivity index (χ1) is 13.6. The van der Waals surface area contributed by atoms with Crippen LogP contribution in [0.25, 0.3) is 12.2 Å². The second kappa shape index (κ2) is 7.70. The Morgan fingerprint density at radius 2 is 1.25 bits per heavy atom. The number of para-hydroxylation sites is 2. The van der Waals surface area contributed by atoms with E-state index in [2.05, 4.69) is 26.8 Å². The fraction of sp³-hybridized carbons (Fsp3) is 0. The highest BCUT2D eigenvalue weighted by Gasteiger charge is 2.24. The standard InChI is InChI=1S/C22H16BrN3O2/c23-18-13-11-17(12-14-18)21(27)24-25-22(28)26-19-7-3-1-5-15(19)9-10-16-6-2-4-8-20(16)26/h1-14H,(H,24,27)(H,25,28). The van der Waals surface area contributed by atoms with Crippen molar-refractivity contribution in [3.8, 4) is 0 Å². The smallest absolute Gasteiger partial charge is 0.267 e. The van der Waals surface area contributed by atoms with Gasteiger partial charge in [-0.1, -0.05) is 64.5 Å². The number of nitrogens with zero attached hydrogens (tertiary/aromatic N) is 1. The molecule has 0 unspecified atom stereocenters. The van der Waals surface area contributed by atoms with Crippen molar-refractivity contribution in [2.75, 3.05) is 4.90 Å². The monoisotopic (exact) mass is 433 g/mol. The summed E-state index contributed by atoms with van der Waals surface area (Å²) in [5.41, 5.74) is 8.74. The molecule has 0 fully saturated rings. The third kappa shape index (κ3) is 3.54. The number of benzene rings is 3. The Balaban J connectivity index is 1.61. The third-order valence-corrected chi connectivity index (χ3v) is 4.92. The van der Waals surface area contributed by atoms with Gasteiger partial charge in [-0.15, -0.1) is 0 Å². The molecular weight excluding hydrogens is 418 g/mol. The predicted octanol–water partition coefficient (Wildman–Crippen LogP) is 5.13. The minimum Gasteiger partial charge on any atom is -0.267 e. The number of amides is 3. The molecule has 3 aromatic rings. The molecule has 0 aromatic heterocycles. The van der Waals surface area contributed by atoms with Gasteiger partial charge < -0.3 is 0 Å². The highest BCUT2D eigenvalue weighted by molar-refractivity contribution is 9.10. The van der Waals surface area contributed by atoms with Crippen LogP contribution in [-0.2, 0) is 0 Å². The van der Waals surface area contributed by atoms with Gasteiger partial charge in [-0.2, -0.15) is 0 Å². The maximum Gasteiger partial charge on any atom is 0.345 e. The zero-order chi connectivity index (χ0) is 19.5. The lowest BCUT2D eigenvalue weighted by Gasteiger charge is -2.25. The second-order valence-electron chi connectivity index (χ2n) is 6.18. The van der Waals surface area contributed by atoms with E-state index >= 15 is 0 Å². The van der Waals surface area contributed by atoms with Crippen LogP contribution < -0.4 is 15.8 Å². The minimum atomic E-state index is -0.450. The Bertz CT molecular complexity index is 1030. The van der Waals surface area contributed by atoms with Crippen molar-refractivity contribution in [3.63, 3.8) is 0 Å². The van der Waals surface area contributed by atoms with Crippen molar-refractivity contribution >= 4 is 51.4 Å². The molecule has 1 aliphatic rings. The van der Waals surface area contributed by atoms with Gasteiger partial charge in [0.1, 0.15) is 0 Å². The largest absolute Gasteiger partial charge is 0.345 e. The number of rotatable bonds is 1. The SMILES string of the molecule is O=C(NNC(=O)N1c2ccccc2C=Cc2ccccc21)c1ccc(Br)cc1. The Morgan fingerprint density at radius 3 is 1.82 bits per heavy atom. The number of halogens is 1. The van der Waals surface area contributed by atoms with Gasteiger partial charge in [0.15, 0.2) is 0 Å². The summed E-state index contributed by atoms with van der Waals surface area (Å²) in [5.74, 6) is -0.393. The molecule has 2 N–H and O–H groups in total. The van der Waals surface area contributed by atoms with Crippen LogP contribution in [0.15, 0.2) is 77.3 Å². The molecule has 0 aliphatic carbocycles. The van der Waals surface area contributed by atoms with E-state index in [0.717, 1.165) is 27.0 Å². The molecular formula is C22H16BrN3O2. The molecule has 0 atom stereocenters. The molecule has 0 saturated carbocycles. The highest BCUT2D eigenvalue weighted by atomic mass is 79.9. The Kier molecular flexibility index (Phi) is 4.95. The van der Waals surface area contributed by atoms with Crippen molar-refractivity contribution in [3.05, 3.63) is 94.0 Å². The summed E-state index contributed by atoms with van der Waals surface area (Å²) >= 11 is 3.33. The molecule has 28 heavy (non-hydrogen) atoms. The normalized spacial score (nSPS) is 11.8. The number of hydrogen-bond acceptors (Lipinski definition) is 2. The molecule has 0 spiro atoms. The van der Waals surface area contributed by atoms with Gasteiger partial charge in [-0.3, -0.25) is 15.1 Å². The first-order valence-electron chi connectivity index (χ1n) is 8.65. The Hall–Kier alpha value is -3.38. The van der Waals surface area contributed by atoms with Crippen molar-refractivity contribution in [2.45, 2.75) is 0 Å². The van der Waals surface area contributed by atoms with Crippen LogP contribution in [0.5, 0.6) is 0 Å². The van der Waals surface area contributed by atoms with Crippen LogP contribution in [0.4, 0.5) is 16.2 Å². The second-order valence-corrected chi connectivity index (χ2v) is 7.09. The molecule has 3 amide bonds. The number of nitrogens with one attached hydrogen (secondary N) is 2. The fourth-order valence-electron chi connectivity index (χ4n) is 3.03. The molecule has 0 bridgehead atoms. The lowest BCUT2D eigenvalue weighted by atomic mass is 10.1. The number of carbonyl (C=O) groups is 2. The summed E-state index contributed by atoms with van der Waals surface area (Å²) in [6.45, 7) is 0. The van der Waals surface area contributed by atoms with Gasteiger partial charge in [0, 0.05) is 10.0 Å². The Labute approximate surface area is 170 Å². The van der Waals surface area contributed by atoms with Gasteiger partial charge in [0.2, 0.25) is 0 Å². The first-order valence-corrected chi connectivity index (χ1v) is 9.45. The van der Waals surface area contributed by atoms with Crippen molar-refractivity contribution in [1.82, 2.24) is 10.9 Å².